The van der Waals surface area contributed by atoms with E-state index in [2.05, 4.69) is 5.32 Å². The first kappa shape index (κ1) is 33.0. The minimum absolute atomic E-state index is 0.0113. The smallest absolute Gasteiger partial charge is 0.264 e. The van der Waals surface area contributed by atoms with Crippen LogP contribution in [0, 0.1) is 12.7 Å². The van der Waals surface area contributed by atoms with Crippen LogP contribution in [0.15, 0.2) is 77.7 Å². The number of nitrogens with zero attached hydrogens (tertiary/aromatic N) is 2. The molecular formula is C34H42FN3O5S. The normalized spacial score (nSPS) is 14.5. The maximum Gasteiger partial charge on any atom is 0.264 e. The van der Waals surface area contributed by atoms with Crippen LogP contribution in [0.4, 0.5) is 10.1 Å². The van der Waals surface area contributed by atoms with Gasteiger partial charge in [0.2, 0.25) is 11.8 Å². The molecule has 44 heavy (non-hydrogen) atoms. The largest absolute Gasteiger partial charge is 0.494 e. The molecule has 1 atom stereocenters. The zero-order valence-electron chi connectivity index (χ0n) is 25.7. The third kappa shape index (κ3) is 8.37. The lowest BCUT2D eigenvalue weighted by atomic mass is 9.95. The molecule has 0 spiro atoms. The number of benzene rings is 3. The Morgan fingerprint density at radius 1 is 0.932 bits per heavy atom. The van der Waals surface area contributed by atoms with Gasteiger partial charge in [-0.2, -0.15) is 0 Å². The van der Waals surface area contributed by atoms with Crippen molar-refractivity contribution in [3.8, 4) is 5.75 Å². The molecule has 8 nitrogen and oxygen atoms in total. The number of aryl methyl sites for hydroxylation is 1. The average Bonchev–Trinajstić information content (AvgIpc) is 3.02. The second-order valence-electron chi connectivity index (χ2n) is 11.2. The second-order valence-corrected chi connectivity index (χ2v) is 13.0. The maximum atomic E-state index is 14.2. The predicted molar refractivity (Wildman–Crippen MR) is 169 cm³/mol. The lowest BCUT2D eigenvalue weighted by molar-refractivity contribution is -0.140. The zero-order chi connectivity index (χ0) is 31.7. The fourth-order valence-corrected chi connectivity index (χ4v) is 6.91. The molecule has 1 saturated carbocycles. The number of halogens is 1. The van der Waals surface area contributed by atoms with Gasteiger partial charge in [0.25, 0.3) is 10.0 Å². The highest BCUT2D eigenvalue weighted by atomic mass is 32.2. The Kier molecular flexibility index (Phi) is 11.4. The first-order chi connectivity index (χ1) is 21.1. The van der Waals surface area contributed by atoms with E-state index >= 15 is 0 Å². The number of carbonyl (C=O) groups excluding carboxylic acids is 2. The Balaban J connectivity index is 1.70. The van der Waals surface area contributed by atoms with Gasteiger partial charge in [-0.1, -0.05) is 56.0 Å². The number of anilines is 1. The van der Waals surface area contributed by atoms with Crippen molar-refractivity contribution in [1.29, 1.82) is 0 Å². The van der Waals surface area contributed by atoms with E-state index in [0.717, 1.165) is 42.0 Å². The molecule has 1 aliphatic carbocycles. The van der Waals surface area contributed by atoms with Crippen LogP contribution in [-0.2, 0) is 26.2 Å². The lowest BCUT2D eigenvalue weighted by Crippen LogP contribution is -2.54. The molecular weight excluding hydrogens is 581 g/mol. The van der Waals surface area contributed by atoms with Crippen LogP contribution in [0.5, 0.6) is 5.75 Å². The van der Waals surface area contributed by atoms with E-state index in [0.29, 0.717) is 24.3 Å². The highest BCUT2D eigenvalue weighted by molar-refractivity contribution is 7.92. The van der Waals surface area contributed by atoms with Crippen LogP contribution in [0.25, 0.3) is 0 Å². The molecule has 4 rings (SSSR count). The van der Waals surface area contributed by atoms with E-state index in [-0.39, 0.29) is 29.1 Å². The molecule has 1 fully saturated rings. The van der Waals surface area contributed by atoms with Gasteiger partial charge in [0.05, 0.1) is 17.2 Å². The van der Waals surface area contributed by atoms with Crippen molar-refractivity contribution in [1.82, 2.24) is 10.2 Å². The molecule has 1 N–H and O–H groups in total. The summed E-state index contributed by atoms with van der Waals surface area (Å²) in [5.74, 6) is -0.674. The van der Waals surface area contributed by atoms with E-state index in [1.165, 1.54) is 29.2 Å². The molecule has 1 aliphatic rings. The molecule has 10 heteroatoms. The van der Waals surface area contributed by atoms with E-state index < -0.39 is 34.3 Å². The molecule has 3 aromatic rings. The van der Waals surface area contributed by atoms with E-state index in [1.807, 2.05) is 20.8 Å². The van der Waals surface area contributed by atoms with Crippen LogP contribution in [0.3, 0.4) is 0 Å². The SMILES string of the molecule is CCOc1ccc(N(CC(=O)N(Cc2ccc(F)cc2)[C@@H](CC)C(=O)NC2CCCCC2)S(=O)(=O)c2ccc(C)cc2)cc1. The van der Waals surface area contributed by atoms with Gasteiger partial charge < -0.3 is 15.0 Å². The molecule has 0 saturated heterocycles. The number of ether oxygens (including phenoxy) is 1. The number of hydrogen-bond donors (Lipinski definition) is 1. The topological polar surface area (TPSA) is 96.0 Å². The number of amides is 2. The Labute approximate surface area is 260 Å². The third-order valence-corrected chi connectivity index (χ3v) is 9.72. The van der Waals surface area contributed by atoms with Crippen LogP contribution < -0.4 is 14.4 Å². The monoisotopic (exact) mass is 623 g/mol. The number of rotatable bonds is 13. The lowest BCUT2D eigenvalue weighted by Gasteiger charge is -2.34. The summed E-state index contributed by atoms with van der Waals surface area (Å²) in [7, 11) is -4.18. The highest BCUT2D eigenvalue weighted by Gasteiger charge is 2.34. The van der Waals surface area contributed by atoms with Crippen molar-refractivity contribution in [3.63, 3.8) is 0 Å². The van der Waals surface area contributed by atoms with Gasteiger partial charge in [-0.3, -0.25) is 13.9 Å². The minimum atomic E-state index is -4.18. The van der Waals surface area contributed by atoms with Crippen LogP contribution in [0.1, 0.15) is 63.5 Å². The Hall–Kier alpha value is -3.92. The van der Waals surface area contributed by atoms with Gasteiger partial charge in [0, 0.05) is 12.6 Å². The maximum absolute atomic E-state index is 14.2. The van der Waals surface area contributed by atoms with Gasteiger partial charge in [0.1, 0.15) is 24.2 Å². The van der Waals surface area contributed by atoms with Gasteiger partial charge in [-0.05, 0) is 87.2 Å². The Morgan fingerprint density at radius 2 is 1.57 bits per heavy atom. The summed E-state index contributed by atoms with van der Waals surface area (Å²) in [6.07, 6.45) is 5.29. The number of carbonyl (C=O) groups is 2. The molecule has 0 aromatic heterocycles. The molecule has 2 amide bonds. The number of sulfonamides is 1. The second kappa shape index (κ2) is 15.2. The molecule has 0 aliphatic heterocycles. The van der Waals surface area contributed by atoms with Crippen LogP contribution in [-0.4, -0.2) is 50.4 Å². The van der Waals surface area contributed by atoms with Gasteiger partial charge in [-0.15, -0.1) is 0 Å². The molecule has 0 bridgehead atoms. The van der Waals surface area contributed by atoms with Crippen molar-refractivity contribution in [2.75, 3.05) is 17.5 Å². The predicted octanol–water partition coefficient (Wildman–Crippen LogP) is 5.98. The summed E-state index contributed by atoms with van der Waals surface area (Å²) in [5.41, 5.74) is 1.80. The summed E-state index contributed by atoms with van der Waals surface area (Å²) in [5, 5.41) is 3.13. The average molecular weight is 624 g/mol. The third-order valence-electron chi connectivity index (χ3n) is 7.93. The summed E-state index contributed by atoms with van der Waals surface area (Å²) in [6.45, 7) is 5.45. The van der Waals surface area contributed by atoms with Gasteiger partial charge in [-0.25, -0.2) is 12.8 Å². The van der Waals surface area contributed by atoms with Crippen LogP contribution in [0.2, 0.25) is 0 Å². The Bertz CT molecular complexity index is 1490. The molecule has 3 aromatic carbocycles. The van der Waals surface area contributed by atoms with Gasteiger partial charge in [0.15, 0.2) is 0 Å². The first-order valence-corrected chi connectivity index (χ1v) is 16.7. The molecule has 0 radical (unpaired) electrons. The molecule has 0 heterocycles. The van der Waals surface area contributed by atoms with Crippen molar-refractivity contribution in [3.05, 3.63) is 89.7 Å². The first-order valence-electron chi connectivity index (χ1n) is 15.3. The minimum Gasteiger partial charge on any atom is -0.494 e. The molecule has 236 valence electrons. The quantitative estimate of drug-likeness (QED) is 0.253. The van der Waals surface area contributed by atoms with E-state index in [1.54, 1.807) is 48.5 Å². The summed E-state index contributed by atoms with van der Waals surface area (Å²) >= 11 is 0. The van der Waals surface area contributed by atoms with E-state index in [4.69, 9.17) is 4.74 Å². The highest BCUT2D eigenvalue weighted by Crippen LogP contribution is 2.27. The molecule has 0 unspecified atom stereocenters. The van der Waals surface area contributed by atoms with Crippen LogP contribution >= 0.6 is 0 Å². The fourth-order valence-electron chi connectivity index (χ4n) is 5.49. The summed E-state index contributed by atoms with van der Waals surface area (Å²) in [4.78, 5) is 29.3. The van der Waals surface area contributed by atoms with E-state index in [9.17, 15) is 22.4 Å². The van der Waals surface area contributed by atoms with Gasteiger partial charge >= 0.3 is 0 Å². The zero-order valence-corrected chi connectivity index (χ0v) is 26.5. The number of hydrogen-bond acceptors (Lipinski definition) is 5. The Morgan fingerprint density at radius 3 is 2.16 bits per heavy atom. The number of nitrogens with one attached hydrogen (secondary N) is 1. The summed E-state index contributed by atoms with van der Waals surface area (Å²) in [6, 6.07) is 17.9. The summed E-state index contributed by atoms with van der Waals surface area (Å²) < 4.78 is 48.4. The van der Waals surface area contributed by atoms with Crippen molar-refractivity contribution >= 4 is 27.5 Å². The fraction of sp³-hybridized carbons (Fsp3) is 0.412. The standard InChI is InChI=1S/C34H42FN3O5S/c1-4-32(34(40)36-28-9-7-6-8-10-28)37(23-26-13-15-27(35)16-14-26)33(39)24-38(29-17-19-30(20-18-29)43-5-2)44(41,42)31-21-11-25(3)12-22-31/h11-22,28,32H,4-10,23-24H2,1-3H3,(H,36,40)/t32-/m0/s1. The van der Waals surface area contributed by atoms with Crippen molar-refractivity contribution in [2.24, 2.45) is 0 Å². The van der Waals surface area contributed by atoms with Crippen molar-refractivity contribution in [2.45, 2.75) is 82.8 Å². The van der Waals surface area contributed by atoms with Crippen molar-refractivity contribution < 1.29 is 27.1 Å².